The van der Waals surface area contributed by atoms with Crippen molar-refractivity contribution >= 4 is 46.5 Å². The maximum atomic E-state index is 14.0. The number of hydrogen-bond acceptors (Lipinski definition) is 8. The first-order valence-electron chi connectivity index (χ1n) is 15.2. The topological polar surface area (TPSA) is 127 Å². The minimum atomic E-state index is -1.20. The molecule has 1 aromatic rings. The SMILES string of the molecule is C=CC1=C(C)C2=NC1=CC1=NC(=Cc3[n-]c4c(c3C)=C([O-])C(C(=O)OC)C=4C3=NC(=C2)C(C)C3CCC(=O)OC)C(CC)=C1C.[Cd+2]. The number of esters is 2. The summed E-state index contributed by atoms with van der Waals surface area (Å²) in [6.07, 6.45) is 9.00. The Morgan fingerprint density at radius 3 is 2.37 bits per heavy atom. The van der Waals surface area contributed by atoms with Gasteiger partial charge in [-0.15, -0.1) is 16.8 Å². The van der Waals surface area contributed by atoms with Gasteiger partial charge < -0.3 is 19.6 Å². The predicted octanol–water partition coefficient (Wildman–Crippen LogP) is 3.29. The molecule has 3 atom stereocenters. The van der Waals surface area contributed by atoms with E-state index in [9.17, 15) is 14.7 Å². The van der Waals surface area contributed by atoms with Crippen LogP contribution in [-0.4, -0.2) is 43.3 Å². The molecule has 8 bridgehead atoms. The number of aliphatic imine (C=N–C) groups is 3. The number of aromatic nitrogens is 1. The van der Waals surface area contributed by atoms with E-state index in [0.29, 0.717) is 39.5 Å². The van der Waals surface area contributed by atoms with Gasteiger partial charge in [0.15, 0.2) is 0 Å². The molecule has 1 aromatic heterocycles. The fourth-order valence-electron chi connectivity index (χ4n) is 7.02. The van der Waals surface area contributed by atoms with Crippen LogP contribution in [0.15, 0.2) is 79.2 Å². The second-order valence-corrected chi connectivity index (χ2v) is 11.9. The summed E-state index contributed by atoms with van der Waals surface area (Å²) in [5.74, 6) is -3.01. The molecule has 6 rings (SSSR count). The molecule has 0 amide bonds. The first-order chi connectivity index (χ1) is 21.5. The van der Waals surface area contributed by atoms with Crippen LogP contribution in [0.1, 0.15) is 58.2 Å². The average molecular weight is 717 g/mol. The number of methoxy groups -OCH3 is 2. The normalized spacial score (nSPS) is 23.0. The van der Waals surface area contributed by atoms with E-state index < -0.39 is 11.9 Å². The Balaban J connectivity index is 0.00000417. The minimum Gasteiger partial charge on any atom is -0.874 e. The second kappa shape index (κ2) is 12.7. The van der Waals surface area contributed by atoms with Crippen molar-refractivity contribution in [1.29, 1.82) is 0 Å². The van der Waals surface area contributed by atoms with E-state index in [1.807, 2.05) is 45.1 Å². The Morgan fingerprint density at radius 2 is 1.72 bits per heavy atom. The summed E-state index contributed by atoms with van der Waals surface area (Å²) >= 11 is 0. The molecule has 46 heavy (non-hydrogen) atoms. The van der Waals surface area contributed by atoms with E-state index in [1.54, 1.807) is 0 Å². The maximum absolute atomic E-state index is 14.0. The van der Waals surface area contributed by atoms with Gasteiger partial charge in [0.25, 0.3) is 0 Å². The Hall–Kier alpha value is -3.87. The fraction of sp³-hybridized carbons (Fsp3) is 0.361. The number of ether oxygens (including phenoxy) is 2. The summed E-state index contributed by atoms with van der Waals surface area (Å²) in [5.41, 5.74) is 10.2. The number of carbonyl (C=O) groups is 2. The summed E-state index contributed by atoms with van der Waals surface area (Å²) < 4.78 is 10.1. The molecular formula is C36H36CdN4O5. The van der Waals surface area contributed by atoms with Crippen LogP contribution in [0.5, 0.6) is 0 Å². The Kier molecular flexibility index (Phi) is 9.27. The molecule has 0 saturated heterocycles. The largest absolute Gasteiger partial charge is 2.00 e. The molecule has 9 nitrogen and oxygen atoms in total. The van der Waals surface area contributed by atoms with Gasteiger partial charge in [0.2, 0.25) is 0 Å². The third kappa shape index (κ3) is 5.16. The van der Waals surface area contributed by atoms with E-state index in [2.05, 4.69) is 20.4 Å². The molecule has 232 valence electrons. The monoisotopic (exact) mass is 718 g/mol. The maximum Gasteiger partial charge on any atom is 2.00 e. The van der Waals surface area contributed by atoms with Crippen molar-refractivity contribution in [2.75, 3.05) is 14.2 Å². The van der Waals surface area contributed by atoms with Crippen molar-refractivity contribution in [2.45, 2.75) is 53.9 Å². The van der Waals surface area contributed by atoms with Gasteiger partial charge in [-0.25, -0.2) is 9.98 Å². The molecule has 5 heterocycles. The van der Waals surface area contributed by atoms with E-state index in [0.717, 1.165) is 57.2 Å². The minimum absolute atomic E-state index is 0. The molecule has 0 saturated carbocycles. The van der Waals surface area contributed by atoms with Gasteiger partial charge >= 0.3 is 39.2 Å². The van der Waals surface area contributed by atoms with Crippen molar-refractivity contribution in [1.82, 2.24) is 4.98 Å². The van der Waals surface area contributed by atoms with Gasteiger partial charge in [-0.2, -0.15) is 0 Å². The van der Waals surface area contributed by atoms with Gasteiger partial charge in [0, 0.05) is 35.2 Å². The predicted molar refractivity (Wildman–Crippen MR) is 172 cm³/mol. The summed E-state index contributed by atoms with van der Waals surface area (Å²) in [6, 6.07) is 0. The van der Waals surface area contributed by atoms with Crippen molar-refractivity contribution < 1.29 is 51.5 Å². The van der Waals surface area contributed by atoms with E-state index >= 15 is 0 Å². The molecule has 0 spiro atoms. The molecule has 0 N–H and O–H groups in total. The van der Waals surface area contributed by atoms with Crippen molar-refractivity contribution in [3.63, 3.8) is 0 Å². The zero-order chi connectivity index (χ0) is 32.3. The number of hydrogen-bond donors (Lipinski definition) is 0. The molecular weight excluding hydrogens is 681 g/mol. The van der Waals surface area contributed by atoms with Crippen molar-refractivity contribution in [3.8, 4) is 0 Å². The molecule has 3 unspecified atom stereocenters. The quantitative estimate of drug-likeness (QED) is 0.329. The third-order valence-corrected chi connectivity index (χ3v) is 9.63. The van der Waals surface area contributed by atoms with E-state index in [1.165, 1.54) is 14.2 Å². The van der Waals surface area contributed by atoms with Crippen LogP contribution in [0.4, 0.5) is 0 Å². The summed E-state index contributed by atoms with van der Waals surface area (Å²) in [5, 5.41) is 14.9. The van der Waals surface area contributed by atoms with Crippen LogP contribution < -0.4 is 20.7 Å². The average Bonchev–Trinajstić information content (AvgIpc) is 3.76. The first-order valence-corrected chi connectivity index (χ1v) is 15.2. The number of allylic oxidation sites excluding steroid dienone is 7. The molecule has 0 aromatic carbocycles. The second-order valence-electron chi connectivity index (χ2n) is 11.9. The zero-order valence-corrected chi connectivity index (χ0v) is 31.4. The van der Waals surface area contributed by atoms with Crippen LogP contribution >= 0.6 is 0 Å². The molecule has 1 aliphatic carbocycles. The Bertz CT molecular complexity index is 1980. The zero-order valence-electron chi connectivity index (χ0n) is 27.4. The van der Waals surface area contributed by atoms with Crippen LogP contribution in [0, 0.1) is 24.7 Å². The number of fused-ring (bicyclic) bond motifs is 5. The van der Waals surface area contributed by atoms with Gasteiger partial charge in [-0.1, -0.05) is 38.1 Å². The van der Waals surface area contributed by atoms with Gasteiger partial charge in [0.05, 0.1) is 43.0 Å². The summed E-state index contributed by atoms with van der Waals surface area (Å²) in [4.78, 5) is 45.7. The molecule has 0 radical (unpaired) electrons. The van der Waals surface area contributed by atoms with E-state index in [4.69, 9.17) is 29.4 Å². The van der Waals surface area contributed by atoms with Crippen molar-refractivity contribution in [3.05, 3.63) is 86.0 Å². The van der Waals surface area contributed by atoms with Crippen LogP contribution in [0.3, 0.4) is 0 Å². The number of carbonyl (C=O) groups excluding carboxylic acids is 2. The smallest absolute Gasteiger partial charge is 0.874 e. The van der Waals surface area contributed by atoms with Gasteiger partial charge in [-0.05, 0) is 73.3 Å². The van der Waals surface area contributed by atoms with E-state index in [-0.39, 0.29) is 57.3 Å². The Labute approximate surface area is 288 Å². The third-order valence-electron chi connectivity index (χ3n) is 9.63. The molecule has 5 aliphatic rings. The van der Waals surface area contributed by atoms with Crippen molar-refractivity contribution in [2.24, 2.45) is 32.7 Å². The van der Waals surface area contributed by atoms with Gasteiger partial charge in [-0.3, -0.25) is 14.6 Å². The number of rotatable bonds is 6. The van der Waals surface area contributed by atoms with Gasteiger partial charge in [0.1, 0.15) is 0 Å². The summed E-state index contributed by atoms with van der Waals surface area (Å²) in [7, 11) is 2.63. The van der Waals surface area contributed by atoms with Crippen LogP contribution in [0.25, 0.3) is 17.4 Å². The molecule has 4 aliphatic heterocycles. The number of nitrogens with zero attached hydrogens (tertiary/aromatic N) is 4. The standard InChI is InChI=1S/C36H37N4O5.Cd/c1-9-20-16(3)23-13-25-18(5)22(11-12-29(41)44-7)33(39-25)31-32(36(43)45-8)35(42)30-19(6)26(40-34(30)31)15-28-21(10-2)17(4)24(38-28)14-27(20)37-23;/h9,13-15,18,22,32H,1,10-12H2,2-8H3,(H-,37,38,39,40,42);/q-1;+2/p-1. The molecule has 10 heteroatoms. The first kappa shape index (κ1) is 33.5. The summed E-state index contributed by atoms with van der Waals surface area (Å²) in [6.45, 7) is 14.1. The fourth-order valence-corrected chi connectivity index (χ4v) is 7.02. The molecule has 0 fully saturated rings. The van der Waals surface area contributed by atoms with Crippen LogP contribution in [-0.2, 0) is 46.4 Å². The van der Waals surface area contributed by atoms with Crippen LogP contribution in [0.2, 0.25) is 0 Å². The Morgan fingerprint density at radius 1 is 1.02 bits per heavy atom.